The van der Waals surface area contributed by atoms with Crippen molar-refractivity contribution in [2.75, 3.05) is 23.7 Å². The van der Waals surface area contributed by atoms with Crippen LogP contribution < -0.4 is 4.90 Å². The Labute approximate surface area is 120 Å². The van der Waals surface area contributed by atoms with Gasteiger partial charge in [-0.2, -0.15) is 11.8 Å². The zero-order valence-electron chi connectivity index (χ0n) is 11.9. The monoisotopic (exact) mass is 280 g/mol. The van der Waals surface area contributed by atoms with Crippen molar-refractivity contribution >= 4 is 17.6 Å². The lowest BCUT2D eigenvalue weighted by atomic mass is 10.1. The van der Waals surface area contributed by atoms with Crippen molar-refractivity contribution in [1.29, 1.82) is 0 Å². The second kappa shape index (κ2) is 7.15. The molecule has 4 heteroatoms. The summed E-state index contributed by atoms with van der Waals surface area (Å²) in [5.74, 6) is 2.22. The fourth-order valence-corrected chi connectivity index (χ4v) is 3.63. The number of thioether (sulfide) groups is 1. The molecule has 0 bridgehead atoms. The van der Waals surface area contributed by atoms with E-state index in [4.69, 9.17) is 4.98 Å². The minimum atomic E-state index is 0.103. The Hall–Kier alpha value is -0.740. The van der Waals surface area contributed by atoms with E-state index in [1.165, 1.54) is 12.2 Å². The van der Waals surface area contributed by atoms with E-state index in [-0.39, 0.29) is 6.61 Å². The number of anilines is 1. The van der Waals surface area contributed by atoms with Gasteiger partial charge >= 0.3 is 0 Å². The van der Waals surface area contributed by atoms with Gasteiger partial charge in [-0.1, -0.05) is 20.3 Å². The first-order chi connectivity index (χ1) is 9.26. The number of aryl methyl sites for hydroxylation is 1. The molecule has 1 N–H and O–H groups in total. The molecule has 0 aromatic carbocycles. The van der Waals surface area contributed by atoms with E-state index < -0.39 is 0 Å². The second-order valence-corrected chi connectivity index (χ2v) is 6.49. The Morgan fingerprint density at radius 1 is 1.42 bits per heavy atom. The van der Waals surface area contributed by atoms with Crippen LogP contribution in [0.2, 0.25) is 0 Å². The molecule has 1 unspecified atom stereocenters. The van der Waals surface area contributed by atoms with E-state index in [9.17, 15) is 5.11 Å². The van der Waals surface area contributed by atoms with Crippen LogP contribution in [0.3, 0.4) is 0 Å². The summed E-state index contributed by atoms with van der Waals surface area (Å²) in [6.45, 7) is 6.66. The SMILES string of the molecule is CCCc1cc(CO)cc(N2CCSC(CC)C2)n1. The zero-order chi connectivity index (χ0) is 13.7. The first-order valence-corrected chi connectivity index (χ1v) is 8.29. The van der Waals surface area contributed by atoms with Crippen molar-refractivity contribution in [3.8, 4) is 0 Å². The minimum absolute atomic E-state index is 0.103. The third-order valence-corrected chi connectivity index (χ3v) is 4.90. The highest BCUT2D eigenvalue weighted by molar-refractivity contribution is 8.00. The molecule has 0 saturated carbocycles. The number of rotatable bonds is 5. The standard InChI is InChI=1S/C15H24N2OS/c1-3-5-13-8-12(11-18)9-15(16-13)17-6-7-19-14(4-2)10-17/h8-9,14,18H,3-7,10-11H2,1-2H3. The molecular formula is C15H24N2OS. The third-order valence-electron chi connectivity index (χ3n) is 3.53. The Bertz CT molecular complexity index is 411. The van der Waals surface area contributed by atoms with Crippen LogP contribution in [-0.4, -0.2) is 34.2 Å². The second-order valence-electron chi connectivity index (χ2n) is 5.08. The van der Waals surface area contributed by atoms with Gasteiger partial charge < -0.3 is 10.0 Å². The average molecular weight is 280 g/mol. The molecule has 2 rings (SSSR count). The average Bonchev–Trinajstić information content (AvgIpc) is 2.47. The van der Waals surface area contributed by atoms with E-state index in [1.807, 2.05) is 12.1 Å². The van der Waals surface area contributed by atoms with Gasteiger partial charge in [0.15, 0.2) is 0 Å². The molecule has 2 heterocycles. The summed E-state index contributed by atoms with van der Waals surface area (Å²) in [5.41, 5.74) is 2.09. The molecule has 1 fully saturated rings. The van der Waals surface area contributed by atoms with Crippen molar-refractivity contribution in [2.45, 2.75) is 45.0 Å². The van der Waals surface area contributed by atoms with Crippen molar-refractivity contribution in [3.05, 3.63) is 23.4 Å². The summed E-state index contributed by atoms with van der Waals surface area (Å²) in [5, 5.41) is 10.1. The number of aliphatic hydroxyl groups is 1. The summed E-state index contributed by atoms with van der Waals surface area (Å²) in [6, 6.07) is 4.07. The lowest BCUT2D eigenvalue weighted by Crippen LogP contribution is -2.38. The highest BCUT2D eigenvalue weighted by atomic mass is 32.2. The summed E-state index contributed by atoms with van der Waals surface area (Å²) in [4.78, 5) is 7.15. The molecule has 106 valence electrons. The maximum atomic E-state index is 9.40. The van der Waals surface area contributed by atoms with Gasteiger partial charge in [0, 0.05) is 29.8 Å². The van der Waals surface area contributed by atoms with Gasteiger partial charge in [-0.25, -0.2) is 4.98 Å². The summed E-state index contributed by atoms with van der Waals surface area (Å²) in [7, 11) is 0. The van der Waals surface area contributed by atoms with Crippen LogP contribution in [0.25, 0.3) is 0 Å². The molecule has 1 aromatic rings. The minimum Gasteiger partial charge on any atom is -0.392 e. The molecule has 0 aliphatic carbocycles. The lowest BCUT2D eigenvalue weighted by molar-refractivity contribution is 0.281. The normalized spacial score (nSPS) is 19.7. The van der Waals surface area contributed by atoms with Crippen LogP contribution in [0, 0.1) is 0 Å². The van der Waals surface area contributed by atoms with Gasteiger partial charge in [-0.05, 0) is 30.5 Å². The van der Waals surface area contributed by atoms with Crippen molar-refractivity contribution in [3.63, 3.8) is 0 Å². The van der Waals surface area contributed by atoms with Crippen LogP contribution in [0.5, 0.6) is 0 Å². The third kappa shape index (κ3) is 3.86. The highest BCUT2D eigenvalue weighted by Crippen LogP contribution is 2.25. The largest absolute Gasteiger partial charge is 0.392 e. The number of pyridine rings is 1. The fraction of sp³-hybridized carbons (Fsp3) is 0.667. The topological polar surface area (TPSA) is 36.4 Å². The molecule has 1 aliphatic rings. The fourth-order valence-electron chi connectivity index (χ4n) is 2.45. The quantitative estimate of drug-likeness (QED) is 0.900. The number of hydrogen-bond donors (Lipinski definition) is 1. The van der Waals surface area contributed by atoms with Crippen LogP contribution in [0.15, 0.2) is 12.1 Å². The molecule has 0 amide bonds. The Balaban J connectivity index is 2.19. The van der Waals surface area contributed by atoms with Crippen LogP contribution >= 0.6 is 11.8 Å². The molecular weight excluding hydrogens is 256 g/mol. The summed E-state index contributed by atoms with van der Waals surface area (Å²) >= 11 is 2.07. The van der Waals surface area contributed by atoms with Crippen LogP contribution in [0.4, 0.5) is 5.82 Å². The maximum absolute atomic E-state index is 9.40. The first kappa shape index (κ1) is 14.7. The van der Waals surface area contributed by atoms with Gasteiger partial charge in [0.2, 0.25) is 0 Å². The van der Waals surface area contributed by atoms with E-state index in [0.717, 1.165) is 43.0 Å². The predicted molar refractivity (Wildman–Crippen MR) is 82.9 cm³/mol. The highest BCUT2D eigenvalue weighted by Gasteiger charge is 2.20. The lowest BCUT2D eigenvalue weighted by Gasteiger charge is -2.33. The number of hydrogen-bond acceptors (Lipinski definition) is 4. The molecule has 0 spiro atoms. The van der Waals surface area contributed by atoms with E-state index in [0.29, 0.717) is 5.25 Å². The van der Waals surface area contributed by atoms with Gasteiger partial charge in [0.25, 0.3) is 0 Å². The van der Waals surface area contributed by atoms with E-state index >= 15 is 0 Å². The van der Waals surface area contributed by atoms with Gasteiger partial charge in [0.05, 0.1) is 6.61 Å². The van der Waals surface area contributed by atoms with Crippen molar-refractivity contribution < 1.29 is 5.11 Å². The molecule has 1 aliphatic heterocycles. The zero-order valence-corrected chi connectivity index (χ0v) is 12.7. The molecule has 1 saturated heterocycles. The summed E-state index contributed by atoms with van der Waals surface area (Å²) in [6.07, 6.45) is 3.29. The first-order valence-electron chi connectivity index (χ1n) is 7.24. The molecule has 3 nitrogen and oxygen atoms in total. The number of nitrogens with zero attached hydrogens (tertiary/aromatic N) is 2. The Morgan fingerprint density at radius 2 is 2.26 bits per heavy atom. The van der Waals surface area contributed by atoms with Crippen LogP contribution in [0.1, 0.15) is 37.9 Å². The predicted octanol–water partition coefficient (Wildman–Crippen LogP) is 2.86. The van der Waals surface area contributed by atoms with Gasteiger partial charge in [-0.15, -0.1) is 0 Å². The maximum Gasteiger partial charge on any atom is 0.129 e. The number of aliphatic hydroxyl groups excluding tert-OH is 1. The molecule has 1 aromatic heterocycles. The van der Waals surface area contributed by atoms with Crippen LogP contribution in [-0.2, 0) is 13.0 Å². The molecule has 1 atom stereocenters. The Kier molecular flexibility index (Phi) is 5.52. The molecule has 0 radical (unpaired) electrons. The van der Waals surface area contributed by atoms with Gasteiger partial charge in [-0.3, -0.25) is 0 Å². The van der Waals surface area contributed by atoms with Crippen molar-refractivity contribution in [1.82, 2.24) is 4.98 Å². The smallest absolute Gasteiger partial charge is 0.129 e. The Morgan fingerprint density at radius 3 is 2.95 bits per heavy atom. The number of aromatic nitrogens is 1. The van der Waals surface area contributed by atoms with Crippen molar-refractivity contribution in [2.24, 2.45) is 0 Å². The van der Waals surface area contributed by atoms with E-state index in [2.05, 4.69) is 30.5 Å². The van der Waals surface area contributed by atoms with E-state index in [1.54, 1.807) is 0 Å². The van der Waals surface area contributed by atoms with Gasteiger partial charge in [0.1, 0.15) is 5.82 Å². The summed E-state index contributed by atoms with van der Waals surface area (Å²) < 4.78 is 0. The molecule has 19 heavy (non-hydrogen) atoms.